The van der Waals surface area contributed by atoms with Crippen molar-refractivity contribution < 1.29 is 8.42 Å². The first kappa shape index (κ1) is 11.6. The summed E-state index contributed by atoms with van der Waals surface area (Å²) in [6.45, 7) is 2.68. The summed E-state index contributed by atoms with van der Waals surface area (Å²) in [4.78, 5) is 0. The van der Waals surface area contributed by atoms with Gasteiger partial charge in [-0.3, -0.25) is 0 Å². The molecule has 1 aromatic rings. The minimum absolute atomic E-state index is 0.0369. The van der Waals surface area contributed by atoms with Crippen molar-refractivity contribution in [2.45, 2.75) is 25.8 Å². The number of hydrogen-bond acceptors (Lipinski definition) is 2. The lowest BCUT2D eigenvalue weighted by Crippen LogP contribution is -2.29. The molecule has 0 unspecified atom stereocenters. The normalized spacial score (nSPS) is 22.5. The average Bonchev–Trinajstić information content (AvgIpc) is 2.65. The topological polar surface area (TPSA) is 37.4 Å². The third-order valence-corrected chi connectivity index (χ3v) is 4.35. The van der Waals surface area contributed by atoms with Crippen LogP contribution in [0.4, 0.5) is 0 Å². The molecule has 1 aromatic carbocycles. The van der Waals surface area contributed by atoms with Gasteiger partial charge < -0.3 is 0 Å². The maximum absolute atomic E-state index is 11.6. The van der Waals surface area contributed by atoms with Gasteiger partial charge in [-0.05, 0) is 25.3 Å². The van der Waals surface area contributed by atoms with E-state index in [2.05, 4.69) is 6.07 Å². The van der Waals surface area contributed by atoms with Crippen LogP contribution in [0, 0.1) is 6.92 Å². The molecule has 0 amide bonds. The van der Waals surface area contributed by atoms with Crippen LogP contribution in [0.15, 0.2) is 24.3 Å². The van der Waals surface area contributed by atoms with Crippen LogP contribution in [-0.4, -0.2) is 25.5 Å². The highest BCUT2D eigenvalue weighted by Gasteiger charge is 2.32. The molecule has 1 heterocycles. The summed E-state index contributed by atoms with van der Waals surface area (Å²) in [5, 5.41) is 0. The SMILES string of the molecule is Cc1cccc([C@H]2CCCN2S(C)(=O)=O)c1. The Morgan fingerprint density at radius 3 is 2.75 bits per heavy atom. The zero-order chi connectivity index (χ0) is 11.8. The fraction of sp³-hybridized carbons (Fsp3) is 0.500. The fourth-order valence-corrected chi connectivity index (χ4v) is 3.50. The molecule has 0 spiro atoms. The van der Waals surface area contributed by atoms with Crippen molar-refractivity contribution in [2.75, 3.05) is 12.8 Å². The van der Waals surface area contributed by atoms with Gasteiger partial charge in [-0.25, -0.2) is 8.42 Å². The standard InChI is InChI=1S/C12H17NO2S/c1-10-5-3-6-11(9-10)12-7-4-8-13(12)16(2,14)15/h3,5-6,9,12H,4,7-8H2,1-2H3/t12-/m1/s1. The molecule has 0 radical (unpaired) electrons. The maximum atomic E-state index is 11.6. The summed E-state index contributed by atoms with van der Waals surface area (Å²) < 4.78 is 24.9. The lowest BCUT2D eigenvalue weighted by atomic mass is 10.0. The second-order valence-electron chi connectivity index (χ2n) is 4.45. The summed E-state index contributed by atoms with van der Waals surface area (Å²) in [5.74, 6) is 0. The van der Waals surface area contributed by atoms with Crippen molar-refractivity contribution in [1.82, 2.24) is 4.31 Å². The Morgan fingerprint density at radius 2 is 2.12 bits per heavy atom. The van der Waals surface area contributed by atoms with Gasteiger partial charge in [0.1, 0.15) is 0 Å². The van der Waals surface area contributed by atoms with Crippen molar-refractivity contribution in [3.05, 3.63) is 35.4 Å². The largest absolute Gasteiger partial charge is 0.212 e. The van der Waals surface area contributed by atoms with E-state index in [4.69, 9.17) is 0 Å². The Balaban J connectivity index is 2.34. The molecule has 0 N–H and O–H groups in total. The van der Waals surface area contributed by atoms with E-state index in [1.807, 2.05) is 25.1 Å². The van der Waals surface area contributed by atoms with Gasteiger partial charge in [0.05, 0.1) is 6.26 Å². The number of benzene rings is 1. The molecule has 1 saturated heterocycles. The molecule has 2 rings (SSSR count). The van der Waals surface area contributed by atoms with Crippen LogP contribution in [0.2, 0.25) is 0 Å². The molecule has 4 heteroatoms. The van der Waals surface area contributed by atoms with Crippen LogP contribution in [0.5, 0.6) is 0 Å². The highest BCUT2D eigenvalue weighted by Crippen LogP contribution is 2.33. The molecule has 0 aromatic heterocycles. The van der Waals surface area contributed by atoms with Gasteiger partial charge in [-0.1, -0.05) is 29.8 Å². The minimum Gasteiger partial charge on any atom is -0.212 e. The predicted octanol–water partition coefficient (Wildman–Crippen LogP) is 2.09. The number of aryl methyl sites for hydroxylation is 1. The number of rotatable bonds is 2. The van der Waals surface area contributed by atoms with Gasteiger partial charge in [0.2, 0.25) is 10.0 Å². The van der Waals surface area contributed by atoms with Crippen molar-refractivity contribution in [1.29, 1.82) is 0 Å². The summed E-state index contributed by atoms with van der Waals surface area (Å²) >= 11 is 0. The number of nitrogens with zero attached hydrogens (tertiary/aromatic N) is 1. The van der Waals surface area contributed by atoms with Crippen molar-refractivity contribution in [3.8, 4) is 0 Å². The van der Waals surface area contributed by atoms with E-state index in [0.29, 0.717) is 6.54 Å². The third-order valence-electron chi connectivity index (χ3n) is 3.06. The summed E-state index contributed by atoms with van der Waals surface area (Å²) in [5.41, 5.74) is 2.29. The molecule has 1 aliphatic rings. The van der Waals surface area contributed by atoms with Gasteiger partial charge in [0.25, 0.3) is 0 Å². The van der Waals surface area contributed by atoms with Gasteiger partial charge in [0, 0.05) is 12.6 Å². The van der Waals surface area contributed by atoms with Crippen LogP contribution in [0.25, 0.3) is 0 Å². The summed E-state index contributed by atoms with van der Waals surface area (Å²) in [6.07, 6.45) is 3.17. The molecular weight excluding hydrogens is 222 g/mol. The predicted molar refractivity (Wildman–Crippen MR) is 64.7 cm³/mol. The molecule has 88 valence electrons. The maximum Gasteiger partial charge on any atom is 0.211 e. The van der Waals surface area contributed by atoms with E-state index >= 15 is 0 Å². The van der Waals surface area contributed by atoms with Crippen LogP contribution in [-0.2, 0) is 10.0 Å². The monoisotopic (exact) mass is 239 g/mol. The third kappa shape index (κ3) is 2.28. The molecule has 0 bridgehead atoms. The minimum atomic E-state index is -3.08. The second kappa shape index (κ2) is 4.18. The van der Waals surface area contributed by atoms with E-state index in [1.54, 1.807) is 4.31 Å². The Morgan fingerprint density at radius 1 is 1.38 bits per heavy atom. The highest BCUT2D eigenvalue weighted by molar-refractivity contribution is 7.88. The zero-order valence-electron chi connectivity index (χ0n) is 9.68. The first-order chi connectivity index (χ1) is 7.48. The van der Waals surface area contributed by atoms with Gasteiger partial charge in [-0.2, -0.15) is 4.31 Å². The second-order valence-corrected chi connectivity index (χ2v) is 6.38. The smallest absolute Gasteiger partial charge is 0.211 e. The fourth-order valence-electron chi connectivity index (χ4n) is 2.35. The van der Waals surface area contributed by atoms with Gasteiger partial charge in [0.15, 0.2) is 0 Å². The van der Waals surface area contributed by atoms with E-state index in [-0.39, 0.29) is 6.04 Å². The summed E-state index contributed by atoms with van der Waals surface area (Å²) in [7, 11) is -3.08. The van der Waals surface area contributed by atoms with Crippen LogP contribution in [0.1, 0.15) is 30.0 Å². The molecule has 3 nitrogen and oxygen atoms in total. The Kier molecular flexibility index (Phi) is 3.04. The number of sulfonamides is 1. The van der Waals surface area contributed by atoms with E-state index < -0.39 is 10.0 Å². The van der Waals surface area contributed by atoms with Crippen molar-refractivity contribution in [3.63, 3.8) is 0 Å². The Labute approximate surface area is 97.1 Å². The Bertz CT molecular complexity index is 482. The van der Waals surface area contributed by atoms with Crippen molar-refractivity contribution in [2.24, 2.45) is 0 Å². The lowest BCUT2D eigenvalue weighted by Gasteiger charge is -2.22. The highest BCUT2D eigenvalue weighted by atomic mass is 32.2. The van der Waals surface area contributed by atoms with E-state index in [1.165, 1.54) is 11.8 Å². The summed E-state index contributed by atoms with van der Waals surface area (Å²) in [6, 6.07) is 8.15. The lowest BCUT2D eigenvalue weighted by molar-refractivity contribution is 0.400. The van der Waals surface area contributed by atoms with Gasteiger partial charge in [-0.15, -0.1) is 0 Å². The molecule has 0 aliphatic carbocycles. The first-order valence-electron chi connectivity index (χ1n) is 5.52. The van der Waals surface area contributed by atoms with E-state index in [9.17, 15) is 8.42 Å². The first-order valence-corrected chi connectivity index (χ1v) is 7.37. The van der Waals surface area contributed by atoms with Gasteiger partial charge >= 0.3 is 0 Å². The molecule has 1 aliphatic heterocycles. The number of hydrogen-bond donors (Lipinski definition) is 0. The van der Waals surface area contributed by atoms with Crippen LogP contribution >= 0.6 is 0 Å². The van der Waals surface area contributed by atoms with Crippen molar-refractivity contribution >= 4 is 10.0 Å². The molecule has 0 saturated carbocycles. The van der Waals surface area contributed by atoms with E-state index in [0.717, 1.165) is 18.4 Å². The quantitative estimate of drug-likeness (QED) is 0.792. The molecule has 1 atom stereocenters. The molecule has 16 heavy (non-hydrogen) atoms. The molecule has 1 fully saturated rings. The zero-order valence-corrected chi connectivity index (χ0v) is 10.5. The van der Waals surface area contributed by atoms with Crippen LogP contribution < -0.4 is 0 Å². The molecular formula is C12H17NO2S. The van der Waals surface area contributed by atoms with Crippen LogP contribution in [0.3, 0.4) is 0 Å². The average molecular weight is 239 g/mol. The Hall–Kier alpha value is -0.870.